The van der Waals surface area contributed by atoms with E-state index < -0.39 is 0 Å². The van der Waals surface area contributed by atoms with Crippen molar-refractivity contribution in [1.82, 2.24) is 10.2 Å². The van der Waals surface area contributed by atoms with Gasteiger partial charge in [-0.25, -0.2) is 4.39 Å². The summed E-state index contributed by atoms with van der Waals surface area (Å²) in [7, 11) is 0. The highest BCUT2D eigenvalue weighted by Crippen LogP contribution is 2.30. The summed E-state index contributed by atoms with van der Waals surface area (Å²) in [4.78, 5) is 2.43. The number of benzene rings is 1. The predicted molar refractivity (Wildman–Crippen MR) is 80.1 cm³/mol. The Balaban J connectivity index is 1.66. The summed E-state index contributed by atoms with van der Waals surface area (Å²) in [5, 5.41) is 12.3. The van der Waals surface area contributed by atoms with Crippen LogP contribution in [0.2, 0.25) is 0 Å². The number of hydrogen-bond acceptors (Lipinski definition) is 3. The molecule has 1 unspecified atom stereocenters. The maximum Gasteiger partial charge on any atom is 0.129 e. The van der Waals surface area contributed by atoms with Crippen molar-refractivity contribution in [3.05, 3.63) is 35.1 Å². The molecule has 0 bridgehead atoms. The molecule has 1 saturated carbocycles. The van der Waals surface area contributed by atoms with Crippen molar-refractivity contribution in [3.8, 4) is 6.07 Å². The van der Waals surface area contributed by atoms with E-state index in [0.717, 1.165) is 19.6 Å². The van der Waals surface area contributed by atoms with Crippen molar-refractivity contribution < 1.29 is 4.39 Å². The largest absolute Gasteiger partial charge is 0.316 e. The van der Waals surface area contributed by atoms with Gasteiger partial charge in [-0.05, 0) is 56.8 Å². The second-order valence-electron chi connectivity index (χ2n) is 6.29. The van der Waals surface area contributed by atoms with Crippen LogP contribution in [0.1, 0.15) is 36.8 Å². The number of rotatable bonds is 5. The number of nitrogens with zero attached hydrogens (tertiary/aromatic N) is 2. The molecule has 1 aromatic rings. The number of piperidine rings is 1. The first-order valence-electron chi connectivity index (χ1n) is 7.89. The lowest BCUT2D eigenvalue weighted by Crippen LogP contribution is -2.39. The van der Waals surface area contributed by atoms with Crippen LogP contribution in [0.5, 0.6) is 0 Å². The molecule has 0 radical (unpaired) electrons. The van der Waals surface area contributed by atoms with Crippen molar-refractivity contribution in [2.24, 2.45) is 5.92 Å². The number of hydrogen-bond donors (Lipinski definition) is 1. The van der Waals surface area contributed by atoms with Crippen molar-refractivity contribution in [3.63, 3.8) is 0 Å². The molecule has 2 aliphatic rings. The summed E-state index contributed by atoms with van der Waals surface area (Å²) in [5.41, 5.74) is 1.11. The second-order valence-corrected chi connectivity index (χ2v) is 6.29. The Hall–Kier alpha value is -1.44. The van der Waals surface area contributed by atoms with Gasteiger partial charge >= 0.3 is 0 Å². The molecule has 1 aliphatic carbocycles. The fourth-order valence-corrected chi connectivity index (χ4v) is 3.16. The van der Waals surface area contributed by atoms with Gasteiger partial charge in [0.25, 0.3) is 0 Å². The summed E-state index contributed by atoms with van der Waals surface area (Å²) in [6.07, 6.45) is 4.98. The fraction of sp³-hybridized carbons (Fsp3) is 0.588. The van der Waals surface area contributed by atoms with Crippen LogP contribution in [0, 0.1) is 23.1 Å². The van der Waals surface area contributed by atoms with Crippen LogP contribution < -0.4 is 5.32 Å². The van der Waals surface area contributed by atoms with E-state index in [1.165, 1.54) is 31.7 Å². The Morgan fingerprint density at radius 1 is 1.33 bits per heavy atom. The zero-order valence-corrected chi connectivity index (χ0v) is 12.3. The molecular weight excluding hydrogens is 265 g/mol. The van der Waals surface area contributed by atoms with E-state index in [1.807, 2.05) is 6.07 Å². The molecule has 112 valence electrons. The van der Waals surface area contributed by atoms with E-state index in [0.29, 0.717) is 29.6 Å². The molecule has 21 heavy (non-hydrogen) atoms. The summed E-state index contributed by atoms with van der Waals surface area (Å²) >= 11 is 0. The van der Waals surface area contributed by atoms with Gasteiger partial charge in [0.05, 0.1) is 11.6 Å². The lowest BCUT2D eigenvalue weighted by atomic mass is 9.98. The highest BCUT2D eigenvalue weighted by atomic mass is 19.1. The summed E-state index contributed by atoms with van der Waals surface area (Å²) < 4.78 is 14.1. The minimum Gasteiger partial charge on any atom is -0.316 e. The van der Waals surface area contributed by atoms with Crippen LogP contribution in [0.3, 0.4) is 0 Å². The van der Waals surface area contributed by atoms with Crippen LogP contribution >= 0.6 is 0 Å². The quantitative estimate of drug-likeness (QED) is 0.905. The van der Waals surface area contributed by atoms with E-state index in [4.69, 9.17) is 5.26 Å². The monoisotopic (exact) mass is 287 g/mol. The van der Waals surface area contributed by atoms with Crippen LogP contribution in [0.4, 0.5) is 4.39 Å². The Labute approximate surface area is 125 Å². The van der Waals surface area contributed by atoms with Crippen LogP contribution in [-0.4, -0.2) is 30.6 Å². The molecular formula is C17H22FN3. The molecule has 1 saturated heterocycles. The lowest BCUT2D eigenvalue weighted by Gasteiger charge is -2.30. The summed E-state index contributed by atoms with van der Waals surface area (Å²) in [5.74, 6) is 0.433. The maximum absolute atomic E-state index is 14.1. The van der Waals surface area contributed by atoms with Crippen LogP contribution in [0.25, 0.3) is 0 Å². The van der Waals surface area contributed by atoms with Crippen molar-refractivity contribution in [2.45, 2.75) is 38.3 Å². The Morgan fingerprint density at radius 3 is 2.81 bits per heavy atom. The number of halogens is 1. The second kappa shape index (κ2) is 6.55. The first-order chi connectivity index (χ1) is 10.3. The third-order valence-electron chi connectivity index (χ3n) is 4.51. The molecule has 0 aromatic heterocycles. The molecule has 1 aromatic carbocycles. The minimum atomic E-state index is -0.249. The summed E-state index contributed by atoms with van der Waals surface area (Å²) in [6, 6.07) is 7.44. The van der Waals surface area contributed by atoms with Crippen LogP contribution in [-0.2, 0) is 6.54 Å². The Kier molecular flexibility index (Phi) is 4.52. The number of nitriles is 1. The average Bonchev–Trinajstić information content (AvgIpc) is 3.34. The van der Waals surface area contributed by atoms with Gasteiger partial charge in [-0.15, -0.1) is 0 Å². The molecule has 1 N–H and O–H groups in total. The van der Waals surface area contributed by atoms with Gasteiger partial charge in [-0.1, -0.05) is 6.07 Å². The Morgan fingerprint density at radius 2 is 2.19 bits per heavy atom. The molecule has 1 atom stereocenters. The zero-order valence-electron chi connectivity index (χ0n) is 12.3. The third-order valence-corrected chi connectivity index (χ3v) is 4.51. The van der Waals surface area contributed by atoms with E-state index in [2.05, 4.69) is 10.2 Å². The molecule has 3 nitrogen and oxygen atoms in total. The summed E-state index contributed by atoms with van der Waals surface area (Å²) in [6.45, 7) is 3.93. The maximum atomic E-state index is 14.1. The topological polar surface area (TPSA) is 39.1 Å². The lowest BCUT2D eigenvalue weighted by molar-refractivity contribution is 0.191. The van der Waals surface area contributed by atoms with Gasteiger partial charge in [-0.2, -0.15) is 5.26 Å². The SMILES string of the molecule is N#Cc1ccc(CN(CC2CCCNC2)C2CC2)c(F)c1. The molecule has 2 fully saturated rings. The van der Waals surface area contributed by atoms with Crippen molar-refractivity contribution >= 4 is 0 Å². The number of nitrogens with one attached hydrogen (secondary N) is 1. The van der Waals surface area contributed by atoms with Gasteiger partial charge in [0.2, 0.25) is 0 Å². The molecule has 1 heterocycles. The first-order valence-corrected chi connectivity index (χ1v) is 7.89. The van der Waals surface area contributed by atoms with Gasteiger partial charge < -0.3 is 5.32 Å². The Bertz CT molecular complexity index is 527. The van der Waals surface area contributed by atoms with Gasteiger partial charge in [-0.3, -0.25) is 4.90 Å². The first kappa shape index (κ1) is 14.5. The molecule has 0 spiro atoms. The highest BCUT2D eigenvalue weighted by molar-refractivity contribution is 5.32. The van der Waals surface area contributed by atoms with Crippen molar-refractivity contribution in [1.29, 1.82) is 5.26 Å². The smallest absolute Gasteiger partial charge is 0.129 e. The average molecular weight is 287 g/mol. The van der Waals surface area contributed by atoms with E-state index in [-0.39, 0.29) is 5.82 Å². The van der Waals surface area contributed by atoms with Gasteiger partial charge in [0, 0.05) is 24.7 Å². The zero-order chi connectivity index (χ0) is 14.7. The van der Waals surface area contributed by atoms with E-state index in [1.54, 1.807) is 12.1 Å². The van der Waals surface area contributed by atoms with Gasteiger partial charge in [0.15, 0.2) is 0 Å². The predicted octanol–water partition coefficient (Wildman–Crippen LogP) is 2.66. The van der Waals surface area contributed by atoms with Crippen molar-refractivity contribution in [2.75, 3.05) is 19.6 Å². The van der Waals surface area contributed by atoms with E-state index >= 15 is 0 Å². The standard InChI is InChI=1S/C17H22FN3/c18-17-8-13(9-19)3-4-15(17)12-21(16-5-6-16)11-14-2-1-7-20-10-14/h3-4,8,14,16,20H,1-2,5-7,10-12H2. The van der Waals surface area contributed by atoms with E-state index in [9.17, 15) is 4.39 Å². The minimum absolute atomic E-state index is 0.249. The third kappa shape index (κ3) is 3.81. The van der Waals surface area contributed by atoms with Crippen LogP contribution in [0.15, 0.2) is 18.2 Å². The molecule has 4 heteroatoms. The normalized spacial score (nSPS) is 22.2. The fourth-order valence-electron chi connectivity index (χ4n) is 3.16. The highest BCUT2D eigenvalue weighted by Gasteiger charge is 2.31. The molecule has 1 aliphatic heterocycles. The van der Waals surface area contributed by atoms with Gasteiger partial charge in [0.1, 0.15) is 5.82 Å². The molecule has 3 rings (SSSR count). The molecule has 0 amide bonds.